The molecule has 29 heavy (non-hydrogen) atoms. The molecule has 2 saturated heterocycles. The molecule has 2 aromatic rings. The van der Waals surface area contributed by atoms with Gasteiger partial charge in [-0.05, 0) is 74.2 Å². The molecule has 3 heterocycles. The average Bonchev–Trinajstić information content (AvgIpc) is 2.74. The summed E-state index contributed by atoms with van der Waals surface area (Å²) in [4.78, 5) is 9.56. The number of halogens is 1. The summed E-state index contributed by atoms with van der Waals surface area (Å²) in [6.45, 7) is 4.35. The Morgan fingerprint density at radius 3 is 2.48 bits per heavy atom. The van der Waals surface area contributed by atoms with E-state index in [2.05, 4.69) is 26.9 Å². The smallest absolute Gasteiger partial charge is 0.123 e. The van der Waals surface area contributed by atoms with Gasteiger partial charge in [-0.1, -0.05) is 31.4 Å². The highest BCUT2D eigenvalue weighted by molar-refractivity contribution is 5.25. The minimum absolute atomic E-state index is 0.129. The molecule has 1 saturated carbocycles. The molecule has 1 spiro atoms. The second-order valence-electron chi connectivity index (χ2n) is 9.42. The number of rotatable bonds is 4. The van der Waals surface area contributed by atoms with Crippen molar-refractivity contribution in [3.8, 4) is 0 Å². The van der Waals surface area contributed by atoms with Crippen LogP contribution in [0.5, 0.6) is 0 Å². The predicted octanol–water partition coefficient (Wildman–Crippen LogP) is 5.19. The van der Waals surface area contributed by atoms with E-state index in [9.17, 15) is 4.39 Å². The molecule has 0 radical (unpaired) electrons. The van der Waals surface area contributed by atoms with Gasteiger partial charge in [0.2, 0.25) is 0 Å². The Morgan fingerprint density at radius 1 is 1.00 bits per heavy atom. The second kappa shape index (κ2) is 8.16. The van der Waals surface area contributed by atoms with Gasteiger partial charge in [-0.15, -0.1) is 0 Å². The third kappa shape index (κ3) is 3.85. The molecule has 1 atom stereocenters. The maximum absolute atomic E-state index is 13.5. The van der Waals surface area contributed by atoms with Crippen molar-refractivity contribution < 1.29 is 4.39 Å². The molecule has 3 aliphatic rings. The third-order valence-corrected chi connectivity index (χ3v) is 7.60. The molecule has 2 aliphatic heterocycles. The molecule has 0 N–H and O–H groups in total. The van der Waals surface area contributed by atoms with Crippen molar-refractivity contribution in [3.63, 3.8) is 0 Å². The summed E-state index contributed by atoms with van der Waals surface area (Å²) in [5.74, 6) is -0.129. The lowest BCUT2D eigenvalue weighted by molar-refractivity contribution is -0.133. The van der Waals surface area contributed by atoms with E-state index in [0.29, 0.717) is 17.5 Å². The molecule has 1 unspecified atom stereocenters. The van der Waals surface area contributed by atoms with Crippen LogP contribution in [0.2, 0.25) is 0 Å². The molecule has 5 rings (SSSR count). The van der Waals surface area contributed by atoms with Gasteiger partial charge in [0.15, 0.2) is 0 Å². The molecular weight excluding hydrogens is 361 g/mol. The number of benzene rings is 1. The topological polar surface area (TPSA) is 19.4 Å². The zero-order valence-corrected chi connectivity index (χ0v) is 17.3. The molecule has 154 valence electrons. The van der Waals surface area contributed by atoms with Crippen LogP contribution in [0.3, 0.4) is 0 Å². The van der Waals surface area contributed by atoms with Gasteiger partial charge in [-0.2, -0.15) is 0 Å². The summed E-state index contributed by atoms with van der Waals surface area (Å²) in [5, 5.41) is 0. The minimum atomic E-state index is -0.129. The standard InChI is InChI=1S/C25H32FN3/c26-22-6-4-5-20(17-22)18-28-15-9-23(10-16-28)29-19-25(11-2-1-3-12-25)24(29)21-7-13-27-14-8-21/h4-8,13-14,17,23-24H,1-3,9-12,15-16,18-19H2. The molecule has 1 aromatic carbocycles. The van der Waals surface area contributed by atoms with E-state index >= 15 is 0 Å². The Balaban J connectivity index is 1.25. The van der Waals surface area contributed by atoms with Crippen LogP contribution in [-0.4, -0.2) is 40.5 Å². The number of aromatic nitrogens is 1. The number of hydrogen-bond acceptors (Lipinski definition) is 3. The van der Waals surface area contributed by atoms with Crippen molar-refractivity contribution in [2.45, 2.75) is 63.6 Å². The Bertz CT molecular complexity index is 810. The highest BCUT2D eigenvalue weighted by atomic mass is 19.1. The average molecular weight is 394 g/mol. The number of nitrogens with zero attached hydrogens (tertiary/aromatic N) is 3. The highest BCUT2D eigenvalue weighted by Gasteiger charge is 2.54. The lowest BCUT2D eigenvalue weighted by Crippen LogP contribution is -2.63. The van der Waals surface area contributed by atoms with Crippen molar-refractivity contribution in [2.75, 3.05) is 19.6 Å². The number of pyridine rings is 1. The van der Waals surface area contributed by atoms with Gasteiger partial charge in [-0.3, -0.25) is 14.8 Å². The van der Waals surface area contributed by atoms with Crippen molar-refractivity contribution in [3.05, 3.63) is 65.7 Å². The largest absolute Gasteiger partial charge is 0.299 e. The fourth-order valence-corrected chi connectivity index (χ4v) is 6.20. The van der Waals surface area contributed by atoms with E-state index in [0.717, 1.165) is 25.2 Å². The van der Waals surface area contributed by atoms with Crippen molar-refractivity contribution in [1.82, 2.24) is 14.8 Å². The van der Waals surface area contributed by atoms with Crippen LogP contribution in [0.25, 0.3) is 0 Å². The Morgan fingerprint density at radius 2 is 1.76 bits per heavy atom. The van der Waals surface area contributed by atoms with E-state index in [1.165, 1.54) is 63.1 Å². The van der Waals surface area contributed by atoms with Gasteiger partial charge < -0.3 is 0 Å². The van der Waals surface area contributed by atoms with E-state index in [1.807, 2.05) is 24.5 Å². The minimum Gasteiger partial charge on any atom is -0.299 e. The molecule has 1 aliphatic carbocycles. The van der Waals surface area contributed by atoms with Crippen LogP contribution < -0.4 is 0 Å². The first-order valence-corrected chi connectivity index (χ1v) is 11.4. The summed E-state index contributed by atoms with van der Waals surface area (Å²) in [6.07, 6.45) is 13.3. The van der Waals surface area contributed by atoms with Crippen molar-refractivity contribution >= 4 is 0 Å². The van der Waals surface area contributed by atoms with E-state index in [-0.39, 0.29) is 5.82 Å². The lowest BCUT2D eigenvalue weighted by atomic mass is 9.60. The molecule has 1 aromatic heterocycles. The van der Waals surface area contributed by atoms with Crippen molar-refractivity contribution in [2.24, 2.45) is 5.41 Å². The number of likely N-dealkylation sites (tertiary alicyclic amines) is 2. The maximum Gasteiger partial charge on any atom is 0.123 e. The summed E-state index contributed by atoms with van der Waals surface area (Å²) in [6, 6.07) is 12.8. The Hall–Kier alpha value is -1.78. The van der Waals surface area contributed by atoms with E-state index < -0.39 is 0 Å². The maximum atomic E-state index is 13.5. The van der Waals surface area contributed by atoms with Gasteiger partial charge in [0.05, 0.1) is 0 Å². The lowest BCUT2D eigenvalue weighted by Gasteiger charge is -2.63. The number of hydrogen-bond donors (Lipinski definition) is 0. The van der Waals surface area contributed by atoms with E-state index in [4.69, 9.17) is 0 Å². The first kappa shape index (κ1) is 19.2. The monoisotopic (exact) mass is 393 g/mol. The first-order chi connectivity index (χ1) is 14.2. The van der Waals surface area contributed by atoms with Crippen LogP contribution in [0.4, 0.5) is 4.39 Å². The van der Waals surface area contributed by atoms with Gasteiger partial charge in [0.25, 0.3) is 0 Å². The molecule has 0 bridgehead atoms. The zero-order chi connectivity index (χ0) is 19.7. The Labute approximate surface area is 173 Å². The first-order valence-electron chi connectivity index (χ1n) is 11.4. The van der Waals surface area contributed by atoms with Crippen molar-refractivity contribution in [1.29, 1.82) is 0 Å². The quantitative estimate of drug-likeness (QED) is 0.712. The molecule has 0 amide bonds. The molecule has 3 nitrogen and oxygen atoms in total. The summed E-state index contributed by atoms with van der Waals surface area (Å²) in [5.41, 5.74) is 3.05. The Kier molecular flexibility index (Phi) is 5.40. The van der Waals surface area contributed by atoms with Gasteiger partial charge in [-0.25, -0.2) is 4.39 Å². The zero-order valence-electron chi connectivity index (χ0n) is 17.3. The van der Waals surface area contributed by atoms with Crippen LogP contribution in [-0.2, 0) is 6.54 Å². The molecule has 3 fully saturated rings. The summed E-state index contributed by atoms with van der Waals surface area (Å²) < 4.78 is 13.5. The van der Waals surface area contributed by atoms with Gasteiger partial charge >= 0.3 is 0 Å². The summed E-state index contributed by atoms with van der Waals surface area (Å²) >= 11 is 0. The normalized spacial score (nSPS) is 25.8. The van der Waals surface area contributed by atoms with Crippen LogP contribution in [0.15, 0.2) is 48.8 Å². The fraction of sp³-hybridized carbons (Fsp3) is 0.560. The SMILES string of the molecule is Fc1cccc(CN2CCC(N3CC4(CCCCC4)C3c3ccncc3)CC2)c1. The molecular formula is C25H32FN3. The second-order valence-corrected chi connectivity index (χ2v) is 9.42. The van der Waals surface area contributed by atoms with Crippen LogP contribution in [0.1, 0.15) is 62.1 Å². The third-order valence-electron chi connectivity index (χ3n) is 7.60. The van der Waals surface area contributed by atoms with Gasteiger partial charge in [0.1, 0.15) is 5.82 Å². The van der Waals surface area contributed by atoms with Gasteiger partial charge in [0, 0.05) is 43.0 Å². The highest BCUT2D eigenvalue weighted by Crippen LogP contribution is 2.58. The molecule has 4 heteroatoms. The van der Waals surface area contributed by atoms with E-state index in [1.54, 1.807) is 6.07 Å². The van der Waals surface area contributed by atoms with Crippen LogP contribution >= 0.6 is 0 Å². The summed E-state index contributed by atoms with van der Waals surface area (Å²) in [7, 11) is 0. The van der Waals surface area contributed by atoms with Crippen LogP contribution in [0, 0.1) is 11.2 Å². The predicted molar refractivity (Wildman–Crippen MR) is 114 cm³/mol. The fourth-order valence-electron chi connectivity index (χ4n) is 6.20. The number of piperidine rings is 1.